The number of sulfonamides is 1. The Bertz CT molecular complexity index is 885. The third kappa shape index (κ3) is 2.35. The van der Waals surface area contributed by atoms with E-state index in [4.69, 9.17) is 0 Å². The van der Waals surface area contributed by atoms with Crippen LogP contribution < -0.4 is 0 Å². The van der Waals surface area contributed by atoms with Crippen LogP contribution >= 0.6 is 0 Å². The number of rotatable bonds is 3. The molecule has 1 aromatic heterocycles. The summed E-state index contributed by atoms with van der Waals surface area (Å²) < 4.78 is 29.4. The summed E-state index contributed by atoms with van der Waals surface area (Å²) >= 11 is 0. The van der Waals surface area contributed by atoms with Gasteiger partial charge in [0.05, 0.1) is 5.92 Å². The molecule has 1 fully saturated rings. The molecule has 1 aliphatic rings. The van der Waals surface area contributed by atoms with Crippen molar-refractivity contribution in [2.24, 2.45) is 18.9 Å². The van der Waals surface area contributed by atoms with Crippen molar-refractivity contribution in [1.82, 2.24) is 8.87 Å². The number of carboxylic acids is 1. The molecule has 124 valence electrons. The molecule has 2 heterocycles. The highest BCUT2D eigenvalue weighted by Gasteiger charge is 2.42. The molecule has 0 unspecified atom stereocenters. The Labute approximate surface area is 135 Å². The van der Waals surface area contributed by atoms with Crippen LogP contribution in [0.3, 0.4) is 0 Å². The lowest BCUT2D eigenvalue weighted by molar-refractivity contribution is -0.142. The molecule has 0 radical (unpaired) electrons. The van der Waals surface area contributed by atoms with Gasteiger partial charge in [0.15, 0.2) is 0 Å². The van der Waals surface area contributed by atoms with Gasteiger partial charge in [-0.15, -0.1) is 0 Å². The van der Waals surface area contributed by atoms with E-state index in [1.807, 2.05) is 29.8 Å². The minimum absolute atomic E-state index is 0.0293. The summed E-state index contributed by atoms with van der Waals surface area (Å²) in [6.45, 7) is 3.83. The first-order valence-corrected chi connectivity index (χ1v) is 8.96. The van der Waals surface area contributed by atoms with E-state index in [2.05, 4.69) is 0 Å². The van der Waals surface area contributed by atoms with Gasteiger partial charge in [0.2, 0.25) is 10.0 Å². The summed E-state index contributed by atoms with van der Waals surface area (Å²) in [5.74, 6) is -1.79. The fourth-order valence-electron chi connectivity index (χ4n) is 3.38. The zero-order chi connectivity index (χ0) is 16.9. The van der Waals surface area contributed by atoms with Crippen LogP contribution in [0.4, 0.5) is 0 Å². The molecule has 6 nitrogen and oxygen atoms in total. The Morgan fingerprint density at radius 1 is 1.26 bits per heavy atom. The van der Waals surface area contributed by atoms with Gasteiger partial charge in [-0.3, -0.25) is 4.79 Å². The Morgan fingerprint density at radius 2 is 1.91 bits per heavy atom. The fourth-order valence-corrected chi connectivity index (χ4v) is 5.39. The quantitative estimate of drug-likeness (QED) is 0.927. The van der Waals surface area contributed by atoms with Crippen molar-refractivity contribution in [3.8, 4) is 0 Å². The maximum Gasteiger partial charge on any atom is 0.308 e. The average molecular weight is 336 g/mol. The van der Waals surface area contributed by atoms with Crippen LogP contribution in [-0.2, 0) is 21.9 Å². The van der Waals surface area contributed by atoms with Gasteiger partial charge in [0.1, 0.15) is 4.90 Å². The van der Waals surface area contributed by atoms with Crippen molar-refractivity contribution in [2.75, 3.05) is 13.1 Å². The number of aryl methyl sites for hydroxylation is 1. The number of fused-ring (bicyclic) bond motifs is 1. The van der Waals surface area contributed by atoms with Gasteiger partial charge in [-0.2, -0.15) is 4.31 Å². The minimum Gasteiger partial charge on any atom is -0.481 e. The fraction of sp³-hybridized carbons (Fsp3) is 0.438. The molecule has 2 aromatic rings. The van der Waals surface area contributed by atoms with Gasteiger partial charge in [0, 0.05) is 36.7 Å². The van der Waals surface area contributed by atoms with Gasteiger partial charge in [-0.05, 0) is 18.9 Å². The highest BCUT2D eigenvalue weighted by molar-refractivity contribution is 7.89. The number of aliphatic carboxylic acids is 1. The summed E-state index contributed by atoms with van der Waals surface area (Å²) in [4.78, 5) is 11.6. The molecule has 7 heteroatoms. The number of aromatic nitrogens is 1. The average Bonchev–Trinajstić information content (AvgIpc) is 3.00. The molecule has 1 N–H and O–H groups in total. The molecule has 3 rings (SSSR count). The highest BCUT2D eigenvalue weighted by atomic mass is 32.2. The molecule has 0 aliphatic carbocycles. The van der Waals surface area contributed by atoms with Crippen LogP contribution in [-0.4, -0.2) is 41.5 Å². The Balaban J connectivity index is 2.12. The Hall–Kier alpha value is -1.86. The molecule has 0 amide bonds. The van der Waals surface area contributed by atoms with Crippen LogP contribution in [0.25, 0.3) is 10.9 Å². The smallest absolute Gasteiger partial charge is 0.308 e. The molecule has 1 saturated heterocycles. The zero-order valence-electron chi connectivity index (χ0n) is 13.4. The maximum atomic E-state index is 13.1. The van der Waals surface area contributed by atoms with Crippen molar-refractivity contribution < 1.29 is 18.3 Å². The second kappa shape index (κ2) is 5.35. The molecular weight excluding hydrogens is 316 g/mol. The lowest BCUT2D eigenvalue weighted by Gasteiger charge is -2.16. The van der Waals surface area contributed by atoms with E-state index in [1.165, 1.54) is 4.31 Å². The lowest BCUT2D eigenvalue weighted by atomic mass is 9.99. The van der Waals surface area contributed by atoms with Gasteiger partial charge >= 0.3 is 5.97 Å². The topological polar surface area (TPSA) is 79.6 Å². The van der Waals surface area contributed by atoms with Crippen molar-refractivity contribution in [2.45, 2.75) is 18.7 Å². The van der Waals surface area contributed by atoms with Gasteiger partial charge in [0.25, 0.3) is 0 Å². The maximum absolute atomic E-state index is 13.1. The van der Waals surface area contributed by atoms with E-state index in [0.717, 1.165) is 5.52 Å². The van der Waals surface area contributed by atoms with Crippen molar-refractivity contribution in [1.29, 1.82) is 0 Å². The van der Waals surface area contributed by atoms with Crippen LogP contribution in [0.2, 0.25) is 0 Å². The van der Waals surface area contributed by atoms with Crippen LogP contribution in [0.15, 0.2) is 29.2 Å². The summed E-state index contributed by atoms with van der Waals surface area (Å²) in [5.41, 5.74) is 1.52. The molecule has 23 heavy (non-hydrogen) atoms. The van der Waals surface area contributed by atoms with E-state index in [-0.39, 0.29) is 23.9 Å². The number of hydrogen-bond donors (Lipinski definition) is 1. The number of carboxylic acid groups (broad SMARTS) is 1. The molecule has 1 aromatic carbocycles. The van der Waals surface area contributed by atoms with Gasteiger partial charge < -0.3 is 9.67 Å². The lowest BCUT2D eigenvalue weighted by Crippen LogP contribution is -2.30. The summed E-state index contributed by atoms with van der Waals surface area (Å²) in [5, 5.41) is 9.92. The van der Waals surface area contributed by atoms with E-state index in [1.54, 1.807) is 19.9 Å². The van der Waals surface area contributed by atoms with Crippen LogP contribution in [0, 0.1) is 18.8 Å². The van der Waals surface area contributed by atoms with Gasteiger partial charge in [-0.1, -0.05) is 25.1 Å². The molecule has 0 saturated carbocycles. The molecular formula is C16H20N2O4S. The monoisotopic (exact) mass is 336 g/mol. The predicted octanol–water partition coefficient (Wildman–Crippen LogP) is 1.83. The third-order valence-corrected chi connectivity index (χ3v) is 6.84. The molecule has 1 aliphatic heterocycles. The van der Waals surface area contributed by atoms with Crippen LogP contribution in [0.5, 0.6) is 0 Å². The van der Waals surface area contributed by atoms with E-state index in [9.17, 15) is 18.3 Å². The second-order valence-corrected chi connectivity index (χ2v) is 8.11. The molecule has 0 bridgehead atoms. The van der Waals surface area contributed by atoms with Crippen molar-refractivity contribution >= 4 is 26.9 Å². The first-order chi connectivity index (χ1) is 10.7. The molecule has 0 spiro atoms. The normalized spacial score (nSPS) is 22.7. The minimum atomic E-state index is -3.73. The standard InChI is InChI=1S/C16H20N2O4S/c1-10-8-18(9-13(10)16(19)20)23(21,22)15-11(2)17(3)14-7-5-4-6-12(14)15/h4-7,10,13H,8-9H2,1-3H3,(H,19,20)/t10-,13-/m1/s1. The molecule has 2 atom stereocenters. The first-order valence-electron chi connectivity index (χ1n) is 7.52. The Morgan fingerprint density at radius 3 is 2.52 bits per heavy atom. The number of benzene rings is 1. The number of carbonyl (C=O) groups is 1. The number of para-hydroxylation sites is 1. The highest BCUT2D eigenvalue weighted by Crippen LogP contribution is 2.34. The van der Waals surface area contributed by atoms with Crippen molar-refractivity contribution in [3.63, 3.8) is 0 Å². The van der Waals surface area contributed by atoms with E-state index < -0.39 is 21.9 Å². The van der Waals surface area contributed by atoms with Crippen molar-refractivity contribution in [3.05, 3.63) is 30.0 Å². The predicted molar refractivity (Wildman–Crippen MR) is 86.7 cm³/mol. The third-order valence-electron chi connectivity index (χ3n) is 4.84. The SMILES string of the molecule is Cc1c(S(=O)(=O)N2C[C@@H](C)[C@H](C(=O)O)C2)c2ccccc2n1C. The van der Waals surface area contributed by atoms with E-state index >= 15 is 0 Å². The van der Waals surface area contributed by atoms with Gasteiger partial charge in [-0.25, -0.2) is 8.42 Å². The summed E-state index contributed by atoms with van der Waals surface area (Å²) in [6.07, 6.45) is 0. The second-order valence-electron chi connectivity index (χ2n) is 6.23. The summed E-state index contributed by atoms with van der Waals surface area (Å²) in [7, 11) is -1.89. The first kappa shape index (κ1) is 16.0. The zero-order valence-corrected chi connectivity index (χ0v) is 14.2. The van der Waals surface area contributed by atoms with E-state index in [0.29, 0.717) is 11.1 Å². The summed E-state index contributed by atoms with van der Waals surface area (Å²) in [6, 6.07) is 7.36. The number of nitrogens with zero attached hydrogens (tertiary/aromatic N) is 2. The Kier molecular flexibility index (Phi) is 3.72. The largest absolute Gasteiger partial charge is 0.481 e. The number of hydrogen-bond acceptors (Lipinski definition) is 3. The van der Waals surface area contributed by atoms with Crippen LogP contribution in [0.1, 0.15) is 12.6 Å².